The topological polar surface area (TPSA) is 18.5 Å². The van der Waals surface area contributed by atoms with Crippen LogP contribution in [0.3, 0.4) is 0 Å². The molecule has 3 aliphatic carbocycles. The molecule has 0 aromatic carbocycles. The quantitative estimate of drug-likeness (QED) is 0.495. The van der Waals surface area contributed by atoms with Crippen LogP contribution in [0, 0.1) is 23.7 Å². The van der Waals surface area contributed by atoms with E-state index in [1.807, 2.05) is 0 Å². The maximum atomic E-state index is 15.1. The highest BCUT2D eigenvalue weighted by molar-refractivity contribution is 5.01. The highest BCUT2D eigenvalue weighted by atomic mass is 19.1. The monoisotopic (exact) mass is 372 g/mol. The molecule has 0 aromatic rings. The van der Waals surface area contributed by atoms with E-state index in [9.17, 15) is 0 Å². The molecule has 8 unspecified atom stereocenters. The van der Waals surface area contributed by atoms with Gasteiger partial charge in [-0.05, 0) is 75.0 Å². The molecule has 3 saturated carbocycles. The molecule has 0 aromatic heterocycles. The SMILES string of the molecule is CCCCOC1CCC2C(CCC3C(F)C(OCCCC)CCC32)C1F. The van der Waals surface area contributed by atoms with E-state index in [1.54, 1.807) is 0 Å². The second-order valence-corrected chi connectivity index (χ2v) is 8.80. The molecule has 152 valence electrons. The normalized spacial score (nSPS) is 42.9. The fourth-order valence-electron chi connectivity index (χ4n) is 5.79. The highest BCUT2D eigenvalue weighted by Gasteiger charge is 2.52. The molecule has 0 bridgehead atoms. The Kier molecular flexibility index (Phi) is 7.75. The van der Waals surface area contributed by atoms with Gasteiger partial charge in [0.25, 0.3) is 0 Å². The number of unbranched alkanes of at least 4 members (excludes halogenated alkanes) is 2. The molecule has 4 heteroatoms. The molecular weight excluding hydrogens is 334 g/mol. The maximum Gasteiger partial charge on any atom is 0.129 e. The van der Waals surface area contributed by atoms with Gasteiger partial charge in [-0.2, -0.15) is 0 Å². The van der Waals surface area contributed by atoms with Gasteiger partial charge in [0.1, 0.15) is 12.3 Å². The summed E-state index contributed by atoms with van der Waals surface area (Å²) in [5.74, 6) is 0.872. The fourth-order valence-corrected chi connectivity index (χ4v) is 5.79. The Hall–Kier alpha value is -0.220. The van der Waals surface area contributed by atoms with Crippen LogP contribution in [0.5, 0.6) is 0 Å². The lowest BCUT2D eigenvalue weighted by Crippen LogP contribution is -2.53. The Morgan fingerprint density at radius 2 is 1.00 bits per heavy atom. The van der Waals surface area contributed by atoms with Crippen LogP contribution in [0.25, 0.3) is 0 Å². The number of hydrogen-bond donors (Lipinski definition) is 0. The molecule has 2 nitrogen and oxygen atoms in total. The van der Waals surface area contributed by atoms with Gasteiger partial charge in [0.15, 0.2) is 0 Å². The standard InChI is InChI=1S/C22H38F2O2/c1-3-5-13-25-19-11-9-15-16-10-12-20(26-14-6-4-2)22(24)18(16)8-7-17(15)21(19)23/h15-22H,3-14H2,1-2H3. The number of halogens is 2. The third-order valence-corrected chi connectivity index (χ3v) is 7.24. The van der Waals surface area contributed by atoms with E-state index in [2.05, 4.69) is 13.8 Å². The zero-order valence-corrected chi connectivity index (χ0v) is 16.7. The summed E-state index contributed by atoms with van der Waals surface area (Å²) in [7, 11) is 0. The number of hydrogen-bond acceptors (Lipinski definition) is 2. The number of fused-ring (bicyclic) bond motifs is 3. The summed E-state index contributed by atoms with van der Waals surface area (Å²) in [6.45, 7) is 5.61. The largest absolute Gasteiger partial charge is 0.375 e. The second kappa shape index (κ2) is 9.82. The number of alkyl halides is 2. The number of rotatable bonds is 8. The van der Waals surface area contributed by atoms with E-state index in [0.717, 1.165) is 64.2 Å². The van der Waals surface area contributed by atoms with Gasteiger partial charge in [0.05, 0.1) is 12.2 Å². The van der Waals surface area contributed by atoms with Crippen LogP contribution in [0.4, 0.5) is 8.78 Å². The molecule has 0 saturated heterocycles. The molecular formula is C22H38F2O2. The van der Waals surface area contributed by atoms with E-state index in [0.29, 0.717) is 25.0 Å². The van der Waals surface area contributed by atoms with E-state index in [1.165, 1.54) is 0 Å². The van der Waals surface area contributed by atoms with E-state index in [-0.39, 0.29) is 24.0 Å². The zero-order valence-electron chi connectivity index (χ0n) is 16.7. The van der Waals surface area contributed by atoms with Gasteiger partial charge in [-0.25, -0.2) is 8.78 Å². The van der Waals surface area contributed by atoms with Crippen molar-refractivity contribution in [3.8, 4) is 0 Å². The van der Waals surface area contributed by atoms with E-state index >= 15 is 8.78 Å². The smallest absolute Gasteiger partial charge is 0.129 e. The Balaban J connectivity index is 1.56. The van der Waals surface area contributed by atoms with Crippen LogP contribution in [0.15, 0.2) is 0 Å². The minimum atomic E-state index is -0.858. The third-order valence-electron chi connectivity index (χ3n) is 7.24. The summed E-state index contributed by atoms with van der Waals surface area (Å²) in [4.78, 5) is 0. The first-order valence-corrected chi connectivity index (χ1v) is 11.2. The van der Waals surface area contributed by atoms with Gasteiger partial charge in [-0.15, -0.1) is 0 Å². The van der Waals surface area contributed by atoms with Crippen molar-refractivity contribution in [2.75, 3.05) is 13.2 Å². The minimum Gasteiger partial charge on any atom is -0.375 e. The lowest BCUT2D eigenvalue weighted by atomic mass is 9.56. The molecule has 0 radical (unpaired) electrons. The van der Waals surface area contributed by atoms with Gasteiger partial charge < -0.3 is 9.47 Å². The predicted molar refractivity (Wildman–Crippen MR) is 101 cm³/mol. The van der Waals surface area contributed by atoms with E-state index in [4.69, 9.17) is 9.47 Å². The molecule has 0 aliphatic heterocycles. The molecule has 0 N–H and O–H groups in total. The van der Waals surface area contributed by atoms with Crippen molar-refractivity contribution >= 4 is 0 Å². The van der Waals surface area contributed by atoms with E-state index < -0.39 is 12.3 Å². The molecule has 3 aliphatic rings. The third kappa shape index (κ3) is 4.43. The second-order valence-electron chi connectivity index (χ2n) is 8.80. The first-order chi connectivity index (χ1) is 12.7. The lowest BCUT2D eigenvalue weighted by Gasteiger charge is -2.52. The van der Waals surface area contributed by atoms with Gasteiger partial charge in [-0.1, -0.05) is 26.7 Å². The lowest BCUT2D eigenvalue weighted by molar-refractivity contribution is -0.135. The Labute approximate surface area is 158 Å². The summed E-state index contributed by atoms with van der Waals surface area (Å²) in [5.41, 5.74) is 0. The van der Waals surface area contributed by atoms with Crippen LogP contribution in [0.2, 0.25) is 0 Å². The van der Waals surface area contributed by atoms with Crippen molar-refractivity contribution in [3.63, 3.8) is 0 Å². The fraction of sp³-hybridized carbons (Fsp3) is 1.00. The Morgan fingerprint density at radius 3 is 1.38 bits per heavy atom. The van der Waals surface area contributed by atoms with Gasteiger partial charge in [0, 0.05) is 13.2 Å². The van der Waals surface area contributed by atoms with Crippen molar-refractivity contribution in [1.82, 2.24) is 0 Å². The molecule has 3 fully saturated rings. The zero-order chi connectivity index (χ0) is 18.5. The van der Waals surface area contributed by atoms with Crippen LogP contribution in [-0.4, -0.2) is 37.8 Å². The molecule has 26 heavy (non-hydrogen) atoms. The summed E-state index contributed by atoms with van der Waals surface area (Å²) in [6.07, 6.45) is 7.29. The first-order valence-electron chi connectivity index (χ1n) is 11.2. The molecule has 0 spiro atoms. The van der Waals surface area contributed by atoms with Crippen molar-refractivity contribution in [2.24, 2.45) is 23.7 Å². The van der Waals surface area contributed by atoms with Crippen LogP contribution < -0.4 is 0 Å². The van der Waals surface area contributed by atoms with Gasteiger partial charge >= 0.3 is 0 Å². The summed E-state index contributed by atoms with van der Waals surface area (Å²) in [5, 5.41) is 0. The van der Waals surface area contributed by atoms with Crippen molar-refractivity contribution in [3.05, 3.63) is 0 Å². The minimum absolute atomic E-state index is 0.0846. The molecule has 0 heterocycles. The molecule has 0 amide bonds. The summed E-state index contributed by atoms with van der Waals surface area (Å²) in [6, 6.07) is 0. The van der Waals surface area contributed by atoms with Crippen molar-refractivity contribution in [1.29, 1.82) is 0 Å². The maximum absolute atomic E-state index is 15.1. The number of ether oxygens (including phenoxy) is 2. The van der Waals surface area contributed by atoms with Crippen molar-refractivity contribution in [2.45, 2.75) is 103 Å². The summed E-state index contributed by atoms with van der Waals surface area (Å²) >= 11 is 0. The highest BCUT2D eigenvalue weighted by Crippen LogP contribution is 2.53. The molecule has 3 rings (SSSR count). The van der Waals surface area contributed by atoms with Crippen LogP contribution in [-0.2, 0) is 9.47 Å². The van der Waals surface area contributed by atoms with Crippen LogP contribution >= 0.6 is 0 Å². The summed E-state index contributed by atoms with van der Waals surface area (Å²) < 4.78 is 41.9. The van der Waals surface area contributed by atoms with Gasteiger partial charge in [-0.3, -0.25) is 0 Å². The average molecular weight is 373 g/mol. The average Bonchev–Trinajstić information content (AvgIpc) is 2.65. The Morgan fingerprint density at radius 1 is 0.615 bits per heavy atom. The van der Waals surface area contributed by atoms with Crippen molar-refractivity contribution < 1.29 is 18.3 Å². The predicted octanol–water partition coefficient (Wildman–Crippen LogP) is 5.88. The first kappa shape index (κ1) is 20.5. The van der Waals surface area contributed by atoms with Gasteiger partial charge in [0.2, 0.25) is 0 Å². The Bertz CT molecular complexity index is 381. The van der Waals surface area contributed by atoms with Crippen LogP contribution in [0.1, 0.15) is 78.1 Å². The molecule has 8 atom stereocenters.